The molecule has 2 aromatic heterocycles. The number of rotatable bonds is 3. The smallest absolute Gasteiger partial charge is 0.237 e. The van der Waals surface area contributed by atoms with E-state index in [2.05, 4.69) is 15.0 Å². The van der Waals surface area contributed by atoms with Crippen molar-refractivity contribution in [2.45, 2.75) is 6.54 Å². The summed E-state index contributed by atoms with van der Waals surface area (Å²) in [4.78, 5) is 11.9. The van der Waals surface area contributed by atoms with Gasteiger partial charge in [-0.15, -0.1) is 0 Å². The van der Waals surface area contributed by atoms with Crippen molar-refractivity contribution in [3.05, 3.63) is 42.6 Å². The summed E-state index contributed by atoms with van der Waals surface area (Å²) >= 11 is 0. The van der Waals surface area contributed by atoms with Gasteiger partial charge in [0.1, 0.15) is 5.75 Å². The molecule has 0 bridgehead atoms. The van der Waals surface area contributed by atoms with Gasteiger partial charge in [-0.1, -0.05) is 0 Å². The van der Waals surface area contributed by atoms with Crippen LogP contribution in [0.4, 0.5) is 0 Å². The van der Waals surface area contributed by atoms with Gasteiger partial charge in [0.2, 0.25) is 5.88 Å². The Bertz CT molecular complexity index is 432. The first-order valence-electron chi connectivity index (χ1n) is 4.46. The van der Waals surface area contributed by atoms with Gasteiger partial charge in [-0.05, 0) is 11.6 Å². The fraction of sp³-hybridized carbons (Fsp3) is 0.100. The van der Waals surface area contributed by atoms with Crippen LogP contribution in [0.1, 0.15) is 5.56 Å². The molecule has 0 aromatic carbocycles. The van der Waals surface area contributed by atoms with Crippen LogP contribution in [0.25, 0.3) is 0 Å². The quantitative estimate of drug-likeness (QED) is 0.807. The Labute approximate surface area is 87.0 Å². The molecule has 0 fully saturated rings. The number of aromatic nitrogens is 3. The molecule has 0 atom stereocenters. The number of hydrogen-bond acceptors (Lipinski definition) is 5. The second kappa shape index (κ2) is 4.47. The van der Waals surface area contributed by atoms with E-state index in [9.17, 15) is 0 Å². The Morgan fingerprint density at radius 3 is 2.80 bits per heavy atom. The number of ether oxygens (including phenoxy) is 1. The van der Waals surface area contributed by atoms with E-state index >= 15 is 0 Å². The van der Waals surface area contributed by atoms with Gasteiger partial charge in [0.15, 0.2) is 0 Å². The molecule has 2 rings (SSSR count). The first kappa shape index (κ1) is 9.54. The highest BCUT2D eigenvalue weighted by Gasteiger charge is 1.99. The molecule has 2 heterocycles. The molecule has 0 saturated heterocycles. The summed E-state index contributed by atoms with van der Waals surface area (Å²) in [5, 5.41) is 0. The molecule has 0 aliphatic rings. The first-order valence-corrected chi connectivity index (χ1v) is 4.46. The molecule has 5 nitrogen and oxygen atoms in total. The van der Waals surface area contributed by atoms with Gasteiger partial charge in [-0.25, -0.2) is 4.98 Å². The van der Waals surface area contributed by atoms with Crippen LogP contribution in [0.2, 0.25) is 0 Å². The average molecular weight is 202 g/mol. The van der Waals surface area contributed by atoms with Crippen molar-refractivity contribution in [3.8, 4) is 11.6 Å². The number of nitrogens with two attached hydrogens (primary N) is 1. The summed E-state index contributed by atoms with van der Waals surface area (Å²) in [6.07, 6.45) is 7.99. The second-order valence-corrected chi connectivity index (χ2v) is 2.88. The molecular weight excluding hydrogens is 192 g/mol. The maximum Gasteiger partial charge on any atom is 0.237 e. The molecule has 0 spiro atoms. The van der Waals surface area contributed by atoms with Crippen LogP contribution in [0.5, 0.6) is 11.6 Å². The number of hydrogen-bond donors (Lipinski definition) is 1. The average Bonchev–Trinajstić information content (AvgIpc) is 2.31. The van der Waals surface area contributed by atoms with Gasteiger partial charge in [0.05, 0.1) is 12.4 Å². The predicted molar refractivity (Wildman–Crippen MR) is 54.2 cm³/mol. The maximum atomic E-state index is 5.49. The van der Waals surface area contributed by atoms with E-state index in [1.54, 1.807) is 24.8 Å². The lowest BCUT2D eigenvalue weighted by atomic mass is 10.3. The molecular formula is C10H10N4O. The third-order valence-electron chi connectivity index (χ3n) is 1.77. The molecule has 0 unspecified atom stereocenters. The highest BCUT2D eigenvalue weighted by Crippen LogP contribution is 2.17. The monoisotopic (exact) mass is 202 g/mol. The summed E-state index contributed by atoms with van der Waals surface area (Å²) in [5.41, 5.74) is 6.40. The van der Waals surface area contributed by atoms with E-state index in [-0.39, 0.29) is 0 Å². The molecule has 2 N–H and O–H groups in total. The molecule has 5 heteroatoms. The normalized spacial score (nSPS) is 9.93. The van der Waals surface area contributed by atoms with Gasteiger partial charge < -0.3 is 10.5 Å². The minimum atomic E-state index is 0.435. The van der Waals surface area contributed by atoms with Crippen LogP contribution in [0, 0.1) is 0 Å². The van der Waals surface area contributed by atoms with Crippen molar-refractivity contribution in [3.63, 3.8) is 0 Å². The zero-order valence-electron chi connectivity index (χ0n) is 8.00. The minimum Gasteiger partial charge on any atom is -0.436 e. The van der Waals surface area contributed by atoms with Crippen molar-refractivity contribution in [2.75, 3.05) is 0 Å². The SMILES string of the molecule is NCc1cncc(Oc2cnccn2)c1. The molecule has 15 heavy (non-hydrogen) atoms. The van der Waals surface area contributed by atoms with E-state index in [1.807, 2.05) is 6.07 Å². The molecule has 0 aliphatic heterocycles. The van der Waals surface area contributed by atoms with Gasteiger partial charge in [-0.3, -0.25) is 9.97 Å². The lowest BCUT2D eigenvalue weighted by Crippen LogP contribution is -1.97. The van der Waals surface area contributed by atoms with Crippen LogP contribution in [-0.4, -0.2) is 15.0 Å². The first-order chi connectivity index (χ1) is 7.38. The van der Waals surface area contributed by atoms with Crippen LogP contribution < -0.4 is 10.5 Å². The van der Waals surface area contributed by atoms with Gasteiger partial charge >= 0.3 is 0 Å². The lowest BCUT2D eigenvalue weighted by Gasteiger charge is -2.04. The van der Waals surface area contributed by atoms with Crippen molar-refractivity contribution in [1.82, 2.24) is 15.0 Å². The van der Waals surface area contributed by atoms with E-state index in [0.717, 1.165) is 5.56 Å². The van der Waals surface area contributed by atoms with Crippen molar-refractivity contribution in [2.24, 2.45) is 5.73 Å². The molecule has 76 valence electrons. The largest absolute Gasteiger partial charge is 0.436 e. The fourth-order valence-electron chi connectivity index (χ4n) is 1.09. The zero-order valence-corrected chi connectivity index (χ0v) is 8.00. The van der Waals surface area contributed by atoms with Gasteiger partial charge in [0, 0.05) is 25.1 Å². The standard InChI is InChI=1S/C10H10N4O/c11-4-8-3-9(6-13-5-8)15-10-7-12-1-2-14-10/h1-3,5-7H,4,11H2. The van der Waals surface area contributed by atoms with Gasteiger partial charge in [-0.2, -0.15) is 0 Å². The summed E-state index contributed by atoms with van der Waals surface area (Å²) in [7, 11) is 0. The van der Waals surface area contributed by atoms with Crippen molar-refractivity contribution >= 4 is 0 Å². The Kier molecular flexibility index (Phi) is 2.85. The van der Waals surface area contributed by atoms with Gasteiger partial charge in [0.25, 0.3) is 0 Å². The Balaban J connectivity index is 2.17. The summed E-state index contributed by atoms with van der Waals surface area (Å²) in [6, 6.07) is 1.82. The highest BCUT2D eigenvalue weighted by molar-refractivity contribution is 5.26. The van der Waals surface area contributed by atoms with E-state index < -0.39 is 0 Å². The highest BCUT2D eigenvalue weighted by atomic mass is 16.5. The predicted octanol–water partition coefficient (Wildman–Crippen LogP) is 1.12. The fourth-order valence-corrected chi connectivity index (χ4v) is 1.09. The summed E-state index contributed by atoms with van der Waals surface area (Å²) in [5.74, 6) is 1.05. The van der Waals surface area contributed by atoms with Crippen LogP contribution in [-0.2, 0) is 6.54 Å². The third-order valence-corrected chi connectivity index (χ3v) is 1.77. The summed E-state index contributed by atoms with van der Waals surface area (Å²) in [6.45, 7) is 0.435. The maximum absolute atomic E-state index is 5.49. The van der Waals surface area contributed by atoms with Crippen LogP contribution in [0.15, 0.2) is 37.1 Å². The molecule has 2 aromatic rings. The van der Waals surface area contributed by atoms with Crippen LogP contribution in [0.3, 0.4) is 0 Å². The number of nitrogens with zero attached hydrogens (tertiary/aromatic N) is 3. The third kappa shape index (κ3) is 2.47. The van der Waals surface area contributed by atoms with E-state index in [4.69, 9.17) is 10.5 Å². The Hall–Kier alpha value is -2.01. The molecule has 0 amide bonds. The van der Waals surface area contributed by atoms with Crippen molar-refractivity contribution < 1.29 is 4.74 Å². The zero-order chi connectivity index (χ0) is 10.5. The second-order valence-electron chi connectivity index (χ2n) is 2.88. The molecule has 0 radical (unpaired) electrons. The Morgan fingerprint density at radius 2 is 2.07 bits per heavy atom. The topological polar surface area (TPSA) is 73.9 Å². The number of pyridine rings is 1. The van der Waals surface area contributed by atoms with E-state index in [0.29, 0.717) is 18.2 Å². The van der Waals surface area contributed by atoms with Crippen LogP contribution >= 0.6 is 0 Å². The Morgan fingerprint density at radius 1 is 1.13 bits per heavy atom. The minimum absolute atomic E-state index is 0.435. The molecule has 0 aliphatic carbocycles. The molecule has 0 saturated carbocycles. The lowest BCUT2D eigenvalue weighted by molar-refractivity contribution is 0.457. The summed E-state index contributed by atoms with van der Waals surface area (Å²) < 4.78 is 5.43. The van der Waals surface area contributed by atoms with E-state index in [1.165, 1.54) is 6.20 Å². The van der Waals surface area contributed by atoms with Crippen molar-refractivity contribution in [1.29, 1.82) is 0 Å².